The Morgan fingerprint density at radius 3 is 2.67 bits per heavy atom. The number of hydrogen-bond donors (Lipinski definition) is 2. The Morgan fingerprint density at radius 2 is 2.11 bits per heavy atom. The Hall–Kier alpha value is -2.51. The predicted octanol–water partition coefficient (Wildman–Crippen LogP) is 0.838. The first kappa shape index (κ1) is 13.6. The molecule has 3 amide bonds. The number of amides is 3. The molecule has 1 aromatic heterocycles. The number of nitro groups is 1. The second kappa shape index (κ2) is 5.71. The third-order valence-electron chi connectivity index (χ3n) is 1.89. The number of pyridine rings is 1. The lowest BCUT2D eigenvalue weighted by molar-refractivity contribution is -0.385. The summed E-state index contributed by atoms with van der Waals surface area (Å²) in [5, 5.41) is 15.1. The number of aromatic nitrogens is 1. The molecule has 1 aromatic rings. The number of urea groups is 1. The molecule has 0 bridgehead atoms. The molecular weight excluding hydrogens is 240 g/mol. The zero-order chi connectivity index (χ0) is 13.7. The summed E-state index contributed by atoms with van der Waals surface area (Å²) in [6.07, 6.45) is 2.19. The van der Waals surface area contributed by atoms with Gasteiger partial charge in [0.15, 0.2) is 0 Å². The maximum atomic E-state index is 11.7. The predicted molar refractivity (Wildman–Crippen MR) is 62.0 cm³/mol. The topological polar surface area (TPSA) is 114 Å². The molecule has 8 heteroatoms. The zero-order valence-electron chi connectivity index (χ0n) is 9.84. The molecule has 8 nitrogen and oxygen atoms in total. The summed E-state index contributed by atoms with van der Waals surface area (Å²) in [5.74, 6) is -0.845. The Balaban J connectivity index is 2.85. The highest BCUT2D eigenvalue weighted by Gasteiger charge is 2.21. The van der Waals surface area contributed by atoms with Crippen LogP contribution in [0.3, 0.4) is 0 Å². The standard InChI is InChI=1S/C10H12N4O4/c1-6(2)12-10(16)13-9(15)7-3-4-11-5-8(7)14(17)18/h3-6H,1-2H3,(H2,12,13,15,16). The Kier molecular flexibility index (Phi) is 4.30. The fourth-order valence-electron chi connectivity index (χ4n) is 1.19. The van der Waals surface area contributed by atoms with Gasteiger partial charge in [0.2, 0.25) is 0 Å². The number of carbonyl (C=O) groups excluding carboxylic acids is 2. The maximum Gasteiger partial charge on any atom is 0.321 e. The highest BCUT2D eigenvalue weighted by atomic mass is 16.6. The number of imide groups is 1. The molecule has 0 fully saturated rings. The Morgan fingerprint density at radius 1 is 1.44 bits per heavy atom. The average molecular weight is 252 g/mol. The lowest BCUT2D eigenvalue weighted by atomic mass is 10.2. The molecule has 0 unspecified atom stereocenters. The molecular formula is C10H12N4O4. The van der Waals surface area contributed by atoms with Crippen LogP contribution in [0.1, 0.15) is 24.2 Å². The van der Waals surface area contributed by atoms with Gasteiger partial charge in [-0.2, -0.15) is 0 Å². The monoisotopic (exact) mass is 252 g/mol. The van der Waals surface area contributed by atoms with Crippen LogP contribution in [0.5, 0.6) is 0 Å². The van der Waals surface area contributed by atoms with Crippen molar-refractivity contribution < 1.29 is 14.5 Å². The quantitative estimate of drug-likeness (QED) is 0.611. The van der Waals surface area contributed by atoms with E-state index in [1.807, 2.05) is 5.32 Å². The van der Waals surface area contributed by atoms with Gasteiger partial charge in [-0.3, -0.25) is 25.2 Å². The summed E-state index contributed by atoms with van der Waals surface area (Å²) in [6, 6.07) is 0.321. The van der Waals surface area contributed by atoms with Crippen molar-refractivity contribution in [1.29, 1.82) is 0 Å². The minimum atomic E-state index is -0.845. The molecule has 2 N–H and O–H groups in total. The summed E-state index contributed by atoms with van der Waals surface area (Å²) in [4.78, 5) is 36.4. The van der Waals surface area contributed by atoms with E-state index in [0.717, 1.165) is 6.20 Å². The van der Waals surface area contributed by atoms with Gasteiger partial charge in [0.1, 0.15) is 11.8 Å². The van der Waals surface area contributed by atoms with Crippen LogP contribution in [-0.2, 0) is 0 Å². The van der Waals surface area contributed by atoms with E-state index in [-0.39, 0.29) is 11.6 Å². The van der Waals surface area contributed by atoms with Crippen LogP contribution in [0.15, 0.2) is 18.5 Å². The lowest BCUT2D eigenvalue weighted by Gasteiger charge is -2.09. The Bertz CT molecular complexity index is 487. The van der Waals surface area contributed by atoms with Crippen molar-refractivity contribution in [1.82, 2.24) is 15.6 Å². The van der Waals surface area contributed by atoms with E-state index in [1.165, 1.54) is 12.3 Å². The van der Waals surface area contributed by atoms with Crippen molar-refractivity contribution in [2.45, 2.75) is 19.9 Å². The van der Waals surface area contributed by atoms with Crippen LogP contribution in [0.2, 0.25) is 0 Å². The zero-order valence-corrected chi connectivity index (χ0v) is 9.84. The van der Waals surface area contributed by atoms with Crippen molar-refractivity contribution in [2.75, 3.05) is 0 Å². The molecule has 0 saturated carbocycles. The number of nitrogens with zero attached hydrogens (tertiary/aromatic N) is 2. The van der Waals surface area contributed by atoms with E-state index in [1.54, 1.807) is 13.8 Å². The van der Waals surface area contributed by atoms with Gasteiger partial charge in [0.25, 0.3) is 11.6 Å². The molecule has 1 heterocycles. The van der Waals surface area contributed by atoms with Gasteiger partial charge < -0.3 is 5.32 Å². The molecule has 0 radical (unpaired) electrons. The van der Waals surface area contributed by atoms with E-state index >= 15 is 0 Å². The van der Waals surface area contributed by atoms with E-state index in [2.05, 4.69) is 10.3 Å². The van der Waals surface area contributed by atoms with Crippen LogP contribution < -0.4 is 10.6 Å². The largest absolute Gasteiger partial charge is 0.336 e. The van der Waals surface area contributed by atoms with Crippen molar-refractivity contribution >= 4 is 17.6 Å². The summed E-state index contributed by atoms with van der Waals surface area (Å²) in [7, 11) is 0. The van der Waals surface area contributed by atoms with Gasteiger partial charge in [-0.05, 0) is 19.9 Å². The molecule has 0 atom stereocenters. The third-order valence-corrected chi connectivity index (χ3v) is 1.89. The number of hydrogen-bond acceptors (Lipinski definition) is 5. The van der Waals surface area contributed by atoms with Crippen LogP contribution in [0, 0.1) is 10.1 Å². The SMILES string of the molecule is CC(C)NC(=O)NC(=O)c1ccncc1[N+](=O)[O-]. The van der Waals surface area contributed by atoms with Gasteiger partial charge >= 0.3 is 6.03 Å². The number of rotatable bonds is 3. The summed E-state index contributed by atoms with van der Waals surface area (Å²) in [5.41, 5.74) is -0.666. The van der Waals surface area contributed by atoms with E-state index in [4.69, 9.17) is 0 Å². The van der Waals surface area contributed by atoms with E-state index in [9.17, 15) is 19.7 Å². The molecule has 0 aliphatic carbocycles. The first-order valence-corrected chi connectivity index (χ1v) is 5.12. The molecule has 0 aliphatic rings. The van der Waals surface area contributed by atoms with E-state index < -0.39 is 22.5 Å². The molecule has 1 rings (SSSR count). The normalized spacial score (nSPS) is 9.94. The highest BCUT2D eigenvalue weighted by molar-refractivity contribution is 6.06. The minimum absolute atomic E-state index is 0.148. The molecule has 0 aliphatic heterocycles. The smallest absolute Gasteiger partial charge is 0.321 e. The van der Waals surface area contributed by atoms with Gasteiger partial charge in [-0.15, -0.1) is 0 Å². The Labute approximate surface area is 103 Å². The molecule has 0 aromatic carbocycles. The van der Waals surface area contributed by atoms with Crippen molar-refractivity contribution in [3.8, 4) is 0 Å². The van der Waals surface area contributed by atoms with Crippen LogP contribution in [0.4, 0.5) is 10.5 Å². The minimum Gasteiger partial charge on any atom is -0.336 e. The van der Waals surface area contributed by atoms with Crippen molar-refractivity contribution in [2.24, 2.45) is 0 Å². The number of carbonyl (C=O) groups is 2. The highest BCUT2D eigenvalue weighted by Crippen LogP contribution is 2.15. The van der Waals surface area contributed by atoms with Crippen LogP contribution >= 0.6 is 0 Å². The van der Waals surface area contributed by atoms with Crippen molar-refractivity contribution in [3.63, 3.8) is 0 Å². The average Bonchev–Trinajstić information content (AvgIpc) is 2.27. The lowest BCUT2D eigenvalue weighted by Crippen LogP contribution is -2.42. The molecule has 18 heavy (non-hydrogen) atoms. The summed E-state index contributed by atoms with van der Waals surface area (Å²) < 4.78 is 0. The first-order valence-electron chi connectivity index (χ1n) is 5.12. The molecule has 0 spiro atoms. The molecule has 96 valence electrons. The molecule has 0 saturated heterocycles. The second-order valence-electron chi connectivity index (χ2n) is 3.73. The summed E-state index contributed by atoms with van der Waals surface area (Å²) >= 11 is 0. The van der Waals surface area contributed by atoms with Gasteiger partial charge in [0, 0.05) is 12.2 Å². The fraction of sp³-hybridized carbons (Fsp3) is 0.300. The van der Waals surface area contributed by atoms with Crippen LogP contribution in [0.25, 0.3) is 0 Å². The summed E-state index contributed by atoms with van der Waals surface area (Å²) in [6.45, 7) is 3.44. The van der Waals surface area contributed by atoms with Crippen LogP contribution in [-0.4, -0.2) is 27.9 Å². The van der Waals surface area contributed by atoms with Gasteiger partial charge in [-0.1, -0.05) is 0 Å². The van der Waals surface area contributed by atoms with Crippen molar-refractivity contribution in [3.05, 3.63) is 34.1 Å². The van der Waals surface area contributed by atoms with Gasteiger partial charge in [0.05, 0.1) is 4.92 Å². The van der Waals surface area contributed by atoms with E-state index in [0.29, 0.717) is 0 Å². The number of nitrogens with one attached hydrogen (secondary N) is 2. The first-order chi connectivity index (χ1) is 8.41. The fourth-order valence-corrected chi connectivity index (χ4v) is 1.19. The van der Waals surface area contributed by atoms with Gasteiger partial charge in [-0.25, -0.2) is 4.79 Å². The third kappa shape index (κ3) is 3.51. The maximum absolute atomic E-state index is 11.7. The second-order valence-corrected chi connectivity index (χ2v) is 3.73.